The maximum Gasteiger partial charge on any atom is 0.164 e. The highest BCUT2D eigenvalue weighted by atomic mass is 15.1. The smallest absolute Gasteiger partial charge is 0.164 e. The third-order valence-electron chi connectivity index (χ3n) is 13.4. The van der Waals surface area contributed by atoms with E-state index >= 15 is 0 Å². The summed E-state index contributed by atoms with van der Waals surface area (Å²) >= 11 is 0. The van der Waals surface area contributed by atoms with Crippen molar-refractivity contribution in [2.24, 2.45) is 0 Å². The van der Waals surface area contributed by atoms with E-state index in [-0.39, 0.29) is 0 Å². The van der Waals surface area contributed by atoms with Gasteiger partial charge in [-0.25, -0.2) is 9.97 Å². The van der Waals surface area contributed by atoms with Gasteiger partial charge in [0.15, 0.2) is 5.82 Å². The zero-order valence-electron chi connectivity index (χ0n) is 36.5. The van der Waals surface area contributed by atoms with Crippen LogP contribution in [-0.2, 0) is 0 Å². The third kappa shape index (κ3) is 6.51. The molecule has 0 N–H and O–H groups in total. The van der Waals surface area contributed by atoms with Crippen LogP contribution in [0.15, 0.2) is 249 Å². The summed E-state index contributed by atoms with van der Waals surface area (Å²) in [5, 5.41) is 9.47. The van der Waals surface area contributed by atoms with Crippen LogP contribution >= 0.6 is 0 Å². The Morgan fingerprint density at radius 3 is 1.27 bits per heavy atom. The minimum absolute atomic E-state index is 0.803. The number of nitrogens with zero attached hydrogens (tertiary/aromatic N) is 3. The molecule has 67 heavy (non-hydrogen) atoms. The van der Waals surface area contributed by atoms with E-state index in [1.54, 1.807) is 0 Å². The average molecular weight is 852 g/mol. The maximum atomic E-state index is 5.51. The largest absolute Gasteiger partial charge is 0.290 e. The molecule has 0 radical (unpaired) electrons. The van der Waals surface area contributed by atoms with Gasteiger partial charge in [-0.05, 0) is 107 Å². The lowest BCUT2D eigenvalue weighted by molar-refractivity contribution is 1.08. The topological polar surface area (TPSA) is 30.7 Å². The van der Waals surface area contributed by atoms with Gasteiger partial charge in [0.05, 0.1) is 16.7 Å². The maximum absolute atomic E-state index is 5.51. The summed E-state index contributed by atoms with van der Waals surface area (Å²) in [4.78, 5) is 11.0. The first kappa shape index (κ1) is 38.5. The van der Waals surface area contributed by atoms with Crippen molar-refractivity contribution in [2.45, 2.75) is 0 Å². The first-order chi connectivity index (χ1) is 33.2. The van der Waals surface area contributed by atoms with E-state index in [1.807, 2.05) is 0 Å². The van der Waals surface area contributed by atoms with Crippen LogP contribution in [0.5, 0.6) is 0 Å². The Hall–Kier alpha value is -8.92. The average Bonchev–Trinajstić information content (AvgIpc) is 3.83. The summed E-state index contributed by atoms with van der Waals surface area (Å²) in [5.74, 6) is 0.803. The molecule has 2 aromatic heterocycles. The molecule has 0 aliphatic carbocycles. The number of pyridine rings is 1. The molecule has 0 fully saturated rings. The lowest BCUT2D eigenvalue weighted by atomic mass is 9.84. The van der Waals surface area contributed by atoms with E-state index in [2.05, 4.69) is 253 Å². The van der Waals surface area contributed by atoms with Crippen molar-refractivity contribution in [2.75, 3.05) is 0 Å². The highest BCUT2D eigenvalue weighted by molar-refractivity contribution is 6.24. The number of benzene rings is 11. The monoisotopic (exact) mass is 851 g/mol. The number of hydrogen-bond donors (Lipinski definition) is 0. The fourth-order valence-corrected chi connectivity index (χ4v) is 10.3. The predicted octanol–water partition coefficient (Wildman–Crippen LogP) is 17.0. The molecule has 3 heteroatoms. The lowest BCUT2D eigenvalue weighted by Gasteiger charge is -2.19. The molecule has 0 amide bonds. The zero-order valence-corrected chi connectivity index (χ0v) is 36.5. The van der Waals surface area contributed by atoms with Crippen LogP contribution in [0.1, 0.15) is 0 Å². The molecule has 0 unspecified atom stereocenters. The third-order valence-corrected chi connectivity index (χ3v) is 13.4. The molecular formula is C64H41N3. The Bertz CT molecular complexity index is 3990. The van der Waals surface area contributed by atoms with Crippen LogP contribution in [0.3, 0.4) is 0 Å². The highest BCUT2D eigenvalue weighted by Crippen LogP contribution is 2.46. The fraction of sp³-hybridized carbons (Fsp3) is 0. The van der Waals surface area contributed by atoms with E-state index in [4.69, 9.17) is 9.97 Å². The first-order valence-corrected chi connectivity index (χ1v) is 22.9. The minimum atomic E-state index is 0.803. The number of rotatable bonds is 7. The lowest BCUT2D eigenvalue weighted by Crippen LogP contribution is -2.00. The van der Waals surface area contributed by atoms with Crippen LogP contribution in [-0.4, -0.2) is 14.5 Å². The van der Waals surface area contributed by atoms with Crippen molar-refractivity contribution < 1.29 is 0 Å². The summed E-state index contributed by atoms with van der Waals surface area (Å²) < 4.78 is 2.30. The molecule has 0 aliphatic heterocycles. The summed E-state index contributed by atoms with van der Waals surface area (Å²) in [6.07, 6.45) is 0. The zero-order chi connectivity index (χ0) is 44.3. The normalized spacial score (nSPS) is 11.6. The van der Waals surface area contributed by atoms with Crippen molar-refractivity contribution in [3.05, 3.63) is 249 Å². The Morgan fingerprint density at radius 1 is 0.254 bits per heavy atom. The van der Waals surface area contributed by atoms with Gasteiger partial charge in [-0.2, -0.15) is 0 Å². The van der Waals surface area contributed by atoms with E-state index in [9.17, 15) is 0 Å². The molecule has 0 aliphatic rings. The van der Waals surface area contributed by atoms with Crippen molar-refractivity contribution in [3.8, 4) is 73.0 Å². The molecular weight excluding hydrogens is 811 g/mol. The molecule has 13 rings (SSSR count). The van der Waals surface area contributed by atoms with Gasteiger partial charge in [-0.1, -0.05) is 218 Å². The number of fused-ring (bicyclic) bond motifs is 8. The molecule has 0 saturated heterocycles. The van der Waals surface area contributed by atoms with Gasteiger partial charge in [0, 0.05) is 22.0 Å². The van der Waals surface area contributed by atoms with Crippen LogP contribution in [0, 0.1) is 0 Å². The molecule has 13 aromatic rings. The van der Waals surface area contributed by atoms with E-state index < -0.39 is 0 Å². The van der Waals surface area contributed by atoms with Gasteiger partial charge >= 0.3 is 0 Å². The first-order valence-electron chi connectivity index (χ1n) is 22.9. The highest BCUT2D eigenvalue weighted by Gasteiger charge is 2.22. The number of imidazole rings is 1. The Morgan fingerprint density at radius 2 is 0.672 bits per heavy atom. The SMILES string of the molecule is c1ccc(-c2ccc(-c3c4ccccc4c(-c4ccc(-c5ccccc5)cc4)c4cc(-c5cccc(-c6nc7c8ccccc8c8ccccc8c7n6-c6ccccc6)n5)ccc34)cc2)cc1. The quantitative estimate of drug-likeness (QED) is 0.118. The molecule has 0 bridgehead atoms. The molecule has 3 nitrogen and oxygen atoms in total. The van der Waals surface area contributed by atoms with Crippen molar-refractivity contribution in [1.82, 2.24) is 14.5 Å². The second kappa shape index (κ2) is 16.0. The molecule has 312 valence electrons. The van der Waals surface area contributed by atoms with Crippen LogP contribution in [0.25, 0.3) is 127 Å². The van der Waals surface area contributed by atoms with Gasteiger partial charge < -0.3 is 0 Å². The summed E-state index contributed by atoms with van der Waals surface area (Å²) in [6.45, 7) is 0. The molecule has 11 aromatic carbocycles. The fourth-order valence-electron chi connectivity index (χ4n) is 10.3. The van der Waals surface area contributed by atoms with Gasteiger partial charge in [0.1, 0.15) is 5.69 Å². The van der Waals surface area contributed by atoms with Crippen molar-refractivity contribution >= 4 is 54.1 Å². The van der Waals surface area contributed by atoms with Crippen LogP contribution in [0.2, 0.25) is 0 Å². The Labute approximate surface area is 388 Å². The summed E-state index contributed by atoms with van der Waals surface area (Å²) in [7, 11) is 0. The molecule has 0 spiro atoms. The van der Waals surface area contributed by atoms with Crippen molar-refractivity contribution in [3.63, 3.8) is 0 Å². The van der Waals surface area contributed by atoms with E-state index in [1.165, 1.54) is 76.8 Å². The molecule has 0 atom stereocenters. The van der Waals surface area contributed by atoms with Gasteiger partial charge in [0.2, 0.25) is 0 Å². The molecule has 2 heterocycles. The second-order valence-electron chi connectivity index (χ2n) is 17.2. The number of para-hydroxylation sites is 1. The Kier molecular flexibility index (Phi) is 9.17. The van der Waals surface area contributed by atoms with Crippen molar-refractivity contribution in [1.29, 1.82) is 0 Å². The predicted molar refractivity (Wildman–Crippen MR) is 282 cm³/mol. The second-order valence-corrected chi connectivity index (χ2v) is 17.2. The van der Waals surface area contributed by atoms with Gasteiger partial charge in [0.25, 0.3) is 0 Å². The van der Waals surface area contributed by atoms with Gasteiger partial charge in [-0.15, -0.1) is 0 Å². The van der Waals surface area contributed by atoms with E-state index in [0.29, 0.717) is 0 Å². The Balaban J connectivity index is 1.03. The number of aromatic nitrogens is 3. The summed E-state index contributed by atoms with van der Waals surface area (Å²) in [5.41, 5.74) is 15.4. The molecule has 0 saturated carbocycles. The van der Waals surface area contributed by atoms with Crippen LogP contribution < -0.4 is 0 Å². The van der Waals surface area contributed by atoms with Gasteiger partial charge in [-0.3, -0.25) is 4.57 Å². The summed E-state index contributed by atoms with van der Waals surface area (Å²) in [6, 6.07) is 89.4. The standard InChI is InChI=1S/C64H41N3/c1-4-17-42(18-5-1)44-31-35-46(36-32-44)60-52-25-12-13-26-53(52)61(47-37-33-45(34-38-47)43-19-6-2-7-20-43)57-41-48(39-40-54(57)60)58-29-16-30-59(65-58)64-66-62-55-27-14-10-23-50(55)51-24-11-15-28-56(51)63(62)67(64)49-21-8-3-9-22-49/h1-41H. The minimum Gasteiger partial charge on any atom is -0.290 e. The van der Waals surface area contributed by atoms with Crippen LogP contribution in [0.4, 0.5) is 0 Å². The van der Waals surface area contributed by atoms with E-state index in [0.717, 1.165) is 50.3 Å². The number of hydrogen-bond acceptors (Lipinski definition) is 2.